The number of rotatable bonds is 7. The van der Waals surface area contributed by atoms with Crippen molar-refractivity contribution in [2.75, 3.05) is 0 Å². The Labute approximate surface area is 211 Å². The van der Waals surface area contributed by atoms with Gasteiger partial charge in [0.15, 0.2) is 5.82 Å². The van der Waals surface area contributed by atoms with Crippen molar-refractivity contribution in [1.82, 2.24) is 30.1 Å². The number of aromatic amines is 1. The fourth-order valence-electron chi connectivity index (χ4n) is 4.60. The van der Waals surface area contributed by atoms with Gasteiger partial charge in [0, 0.05) is 23.7 Å². The Hall–Kier alpha value is -3.03. The third-order valence-electron chi connectivity index (χ3n) is 6.29. The van der Waals surface area contributed by atoms with Gasteiger partial charge in [-0.2, -0.15) is 0 Å². The molecule has 184 valence electrons. The number of nitrogens with one attached hydrogen (secondary N) is 1. The number of benzene rings is 2. The van der Waals surface area contributed by atoms with Crippen molar-refractivity contribution in [1.29, 1.82) is 0 Å². The van der Waals surface area contributed by atoms with Crippen LogP contribution in [-0.4, -0.2) is 30.1 Å². The average Bonchev–Trinajstić information content (AvgIpc) is 3.26. The minimum atomic E-state index is -0.292. The van der Waals surface area contributed by atoms with Crippen LogP contribution in [0.2, 0.25) is 5.02 Å². The van der Waals surface area contributed by atoms with Crippen LogP contribution in [0, 0.1) is 12.8 Å². The molecule has 0 spiro atoms. The number of fused-ring (bicyclic) bond motifs is 1. The van der Waals surface area contributed by atoms with Gasteiger partial charge in [-0.1, -0.05) is 61.8 Å². The van der Waals surface area contributed by atoms with E-state index in [4.69, 9.17) is 11.6 Å². The van der Waals surface area contributed by atoms with Gasteiger partial charge in [-0.05, 0) is 72.7 Å². The molecule has 4 rings (SSSR count). The second-order valence-electron chi connectivity index (χ2n) is 10.5. The Morgan fingerprint density at radius 2 is 1.77 bits per heavy atom. The van der Waals surface area contributed by atoms with E-state index >= 15 is 0 Å². The van der Waals surface area contributed by atoms with Gasteiger partial charge in [0.25, 0.3) is 5.56 Å². The lowest BCUT2D eigenvalue weighted by molar-refractivity contribution is 0.120. The van der Waals surface area contributed by atoms with Crippen LogP contribution in [0.1, 0.15) is 63.2 Å². The third-order valence-corrected chi connectivity index (χ3v) is 6.66. The van der Waals surface area contributed by atoms with Gasteiger partial charge in [0.05, 0.1) is 17.1 Å². The van der Waals surface area contributed by atoms with E-state index in [1.807, 2.05) is 60.1 Å². The first kappa shape index (κ1) is 25.1. The molecule has 0 unspecified atom stereocenters. The monoisotopic (exact) mass is 492 g/mol. The molecule has 4 aromatic rings. The second kappa shape index (κ2) is 9.91. The molecule has 0 fully saturated rings. The van der Waals surface area contributed by atoms with Crippen molar-refractivity contribution in [3.05, 3.63) is 86.4 Å². The van der Waals surface area contributed by atoms with E-state index in [1.165, 1.54) is 0 Å². The van der Waals surface area contributed by atoms with Crippen LogP contribution in [0.3, 0.4) is 0 Å². The van der Waals surface area contributed by atoms with Crippen molar-refractivity contribution < 1.29 is 0 Å². The van der Waals surface area contributed by atoms with E-state index in [9.17, 15) is 4.79 Å². The maximum atomic E-state index is 13.2. The van der Waals surface area contributed by atoms with Crippen LogP contribution < -0.4 is 5.56 Å². The molecule has 1 N–H and O–H groups in total. The molecule has 0 aliphatic rings. The Balaban J connectivity index is 1.83. The molecular weight excluding hydrogens is 460 g/mol. The van der Waals surface area contributed by atoms with Gasteiger partial charge in [0.1, 0.15) is 0 Å². The Bertz CT molecular complexity index is 1380. The molecule has 2 heterocycles. The summed E-state index contributed by atoms with van der Waals surface area (Å²) in [5.41, 5.74) is 3.21. The van der Waals surface area contributed by atoms with Crippen LogP contribution in [0.15, 0.2) is 53.3 Å². The summed E-state index contributed by atoms with van der Waals surface area (Å²) in [6.07, 6.45) is 0. The number of hydrogen-bond acceptors (Lipinski definition) is 5. The summed E-state index contributed by atoms with van der Waals surface area (Å²) >= 11 is 6.57. The van der Waals surface area contributed by atoms with Crippen molar-refractivity contribution in [2.45, 2.75) is 66.2 Å². The summed E-state index contributed by atoms with van der Waals surface area (Å²) in [6, 6.07) is 15.7. The maximum absolute atomic E-state index is 13.2. The molecule has 7 nitrogen and oxygen atoms in total. The minimum Gasteiger partial charge on any atom is -0.321 e. The molecule has 0 saturated carbocycles. The van der Waals surface area contributed by atoms with E-state index in [1.54, 1.807) is 0 Å². The summed E-state index contributed by atoms with van der Waals surface area (Å²) < 4.78 is 1.88. The first-order chi connectivity index (χ1) is 16.6. The lowest BCUT2D eigenvalue weighted by Crippen LogP contribution is -2.37. The smallest absolute Gasteiger partial charge is 0.252 e. The van der Waals surface area contributed by atoms with Crippen LogP contribution in [0.25, 0.3) is 10.9 Å². The number of aromatic nitrogens is 5. The molecule has 0 aliphatic heterocycles. The summed E-state index contributed by atoms with van der Waals surface area (Å²) in [7, 11) is 0. The molecule has 0 amide bonds. The van der Waals surface area contributed by atoms with Gasteiger partial charge < -0.3 is 4.98 Å². The summed E-state index contributed by atoms with van der Waals surface area (Å²) in [4.78, 5) is 18.5. The highest BCUT2D eigenvalue weighted by Crippen LogP contribution is 2.33. The van der Waals surface area contributed by atoms with E-state index in [0.717, 1.165) is 27.9 Å². The second-order valence-corrected chi connectivity index (χ2v) is 10.9. The quantitative estimate of drug-likeness (QED) is 0.361. The molecule has 8 heteroatoms. The van der Waals surface area contributed by atoms with Gasteiger partial charge in [0.2, 0.25) is 0 Å². The molecule has 1 atom stereocenters. The third kappa shape index (κ3) is 5.31. The number of halogens is 1. The van der Waals surface area contributed by atoms with Crippen LogP contribution in [-0.2, 0) is 18.6 Å². The maximum Gasteiger partial charge on any atom is 0.252 e. The van der Waals surface area contributed by atoms with Crippen molar-refractivity contribution >= 4 is 22.5 Å². The van der Waals surface area contributed by atoms with E-state index in [-0.39, 0.29) is 23.1 Å². The zero-order valence-electron chi connectivity index (χ0n) is 21.2. The predicted octanol–water partition coefficient (Wildman–Crippen LogP) is 5.63. The summed E-state index contributed by atoms with van der Waals surface area (Å²) in [5, 5.41) is 14.5. The number of nitrogens with zero attached hydrogens (tertiary/aromatic N) is 5. The number of tetrazole rings is 1. The molecule has 35 heavy (non-hydrogen) atoms. The number of para-hydroxylation sites is 1. The summed E-state index contributed by atoms with van der Waals surface area (Å²) in [5.74, 6) is 0.944. The zero-order chi connectivity index (χ0) is 25.3. The molecule has 2 aromatic heterocycles. The molecule has 0 bridgehead atoms. The molecule has 0 radical (unpaired) electrons. The van der Waals surface area contributed by atoms with Gasteiger partial charge >= 0.3 is 0 Å². The standard InChI is InChI=1S/C27H33ClN6O/c1-17(2)24(25-30-31-32-34(25)27(4,5)6)33(15-20-11-7-8-13-22(20)28)16-21-14-19-12-9-10-18(3)23(19)29-26(21)35/h7-14,17,24H,15-16H2,1-6H3,(H,29,35)/t24-/m0/s1. The molecule has 0 saturated heterocycles. The van der Waals surface area contributed by atoms with Crippen molar-refractivity contribution in [3.63, 3.8) is 0 Å². The lowest BCUT2D eigenvalue weighted by atomic mass is 9.98. The number of pyridine rings is 1. The Kier molecular flexibility index (Phi) is 7.10. The molecule has 2 aromatic carbocycles. The fraction of sp³-hybridized carbons (Fsp3) is 0.407. The van der Waals surface area contributed by atoms with E-state index in [0.29, 0.717) is 23.7 Å². The highest BCUT2D eigenvalue weighted by atomic mass is 35.5. The normalized spacial score (nSPS) is 13.2. The van der Waals surface area contributed by atoms with Crippen LogP contribution in [0.4, 0.5) is 0 Å². The van der Waals surface area contributed by atoms with Gasteiger partial charge in [-0.15, -0.1) is 5.10 Å². The molecular formula is C27H33ClN6O. The van der Waals surface area contributed by atoms with Crippen molar-refractivity contribution in [2.24, 2.45) is 5.92 Å². The summed E-state index contributed by atoms with van der Waals surface area (Å²) in [6.45, 7) is 13.5. The lowest BCUT2D eigenvalue weighted by Gasteiger charge is -2.35. The van der Waals surface area contributed by atoms with Crippen molar-refractivity contribution in [3.8, 4) is 0 Å². The number of hydrogen-bond donors (Lipinski definition) is 1. The topological polar surface area (TPSA) is 79.7 Å². The Morgan fingerprint density at radius 3 is 2.46 bits per heavy atom. The number of H-pyrrole nitrogens is 1. The van der Waals surface area contributed by atoms with Gasteiger partial charge in [-0.25, -0.2) is 4.68 Å². The number of aryl methyl sites for hydroxylation is 1. The molecule has 0 aliphatic carbocycles. The zero-order valence-corrected chi connectivity index (χ0v) is 22.0. The first-order valence-electron chi connectivity index (χ1n) is 11.9. The predicted molar refractivity (Wildman–Crippen MR) is 140 cm³/mol. The van der Waals surface area contributed by atoms with Gasteiger partial charge in [-0.3, -0.25) is 9.69 Å². The van der Waals surface area contributed by atoms with Crippen LogP contribution in [0.5, 0.6) is 0 Å². The highest BCUT2D eigenvalue weighted by Gasteiger charge is 2.33. The van der Waals surface area contributed by atoms with E-state index in [2.05, 4.69) is 60.0 Å². The average molecular weight is 493 g/mol. The fourth-order valence-corrected chi connectivity index (χ4v) is 4.80. The van der Waals surface area contributed by atoms with E-state index < -0.39 is 0 Å². The first-order valence-corrected chi connectivity index (χ1v) is 12.3. The minimum absolute atomic E-state index is 0.0890. The highest BCUT2D eigenvalue weighted by molar-refractivity contribution is 6.31. The SMILES string of the molecule is Cc1cccc2cc(CN(Cc3ccccc3Cl)[C@H](c3nnnn3C(C)(C)C)C(C)C)c(=O)[nH]c12. The Morgan fingerprint density at radius 1 is 1.06 bits per heavy atom. The largest absolute Gasteiger partial charge is 0.321 e. The van der Waals surface area contributed by atoms with Crippen LogP contribution >= 0.6 is 11.6 Å².